The van der Waals surface area contributed by atoms with E-state index in [0.717, 1.165) is 25.8 Å². The maximum absolute atomic E-state index is 14.0. The van der Waals surface area contributed by atoms with Crippen molar-refractivity contribution >= 4 is 5.91 Å². The Balaban J connectivity index is 2.21. The average molecular weight is 280 g/mol. The Morgan fingerprint density at radius 1 is 1.50 bits per heavy atom. The summed E-state index contributed by atoms with van der Waals surface area (Å²) in [7, 11) is 3.17. The molecular weight excluding hydrogens is 259 g/mol. The Labute approximate surface area is 118 Å². The molecule has 1 aromatic rings. The van der Waals surface area contributed by atoms with Gasteiger partial charge in [-0.25, -0.2) is 4.39 Å². The van der Waals surface area contributed by atoms with Crippen LogP contribution in [-0.2, 0) is 11.3 Å². The van der Waals surface area contributed by atoms with Crippen molar-refractivity contribution in [3.63, 3.8) is 0 Å². The molecule has 4 nitrogen and oxygen atoms in total. The summed E-state index contributed by atoms with van der Waals surface area (Å²) in [5.41, 5.74) is 0.519. The zero-order chi connectivity index (χ0) is 14.5. The van der Waals surface area contributed by atoms with Gasteiger partial charge in [0.05, 0.1) is 13.2 Å². The lowest BCUT2D eigenvalue weighted by atomic mass is 10.00. The van der Waals surface area contributed by atoms with Crippen molar-refractivity contribution in [2.24, 2.45) is 0 Å². The van der Waals surface area contributed by atoms with Crippen LogP contribution in [0.25, 0.3) is 0 Å². The van der Waals surface area contributed by atoms with Gasteiger partial charge in [-0.2, -0.15) is 0 Å². The van der Waals surface area contributed by atoms with E-state index < -0.39 is 0 Å². The smallest absolute Gasteiger partial charge is 0.237 e. The van der Waals surface area contributed by atoms with Crippen LogP contribution in [0.15, 0.2) is 18.2 Å². The third-order valence-corrected chi connectivity index (χ3v) is 3.82. The van der Waals surface area contributed by atoms with Crippen molar-refractivity contribution in [3.05, 3.63) is 29.6 Å². The molecule has 0 radical (unpaired) electrons. The Bertz CT molecular complexity index is 479. The molecule has 1 aliphatic heterocycles. The van der Waals surface area contributed by atoms with Gasteiger partial charge in [0, 0.05) is 19.2 Å². The highest BCUT2D eigenvalue weighted by Gasteiger charge is 2.29. The number of carbonyl (C=O) groups excluding carboxylic acids is 1. The molecular formula is C15H21FN2O2. The van der Waals surface area contributed by atoms with E-state index in [4.69, 9.17) is 4.74 Å². The molecule has 1 saturated heterocycles. The highest BCUT2D eigenvalue weighted by atomic mass is 19.1. The van der Waals surface area contributed by atoms with E-state index in [2.05, 4.69) is 5.32 Å². The number of piperidine rings is 1. The highest BCUT2D eigenvalue weighted by Crippen LogP contribution is 2.26. The van der Waals surface area contributed by atoms with Crippen LogP contribution >= 0.6 is 0 Å². The molecule has 0 bridgehead atoms. The highest BCUT2D eigenvalue weighted by molar-refractivity contribution is 5.81. The van der Waals surface area contributed by atoms with Crippen molar-refractivity contribution in [1.29, 1.82) is 0 Å². The van der Waals surface area contributed by atoms with Crippen molar-refractivity contribution in [2.75, 3.05) is 20.7 Å². The van der Waals surface area contributed by atoms with Crippen LogP contribution < -0.4 is 10.1 Å². The molecule has 5 heteroatoms. The second-order valence-electron chi connectivity index (χ2n) is 5.02. The SMILES string of the molecule is CNC(=O)C1CCCCN1Cc1c(F)cccc1OC. The number of ether oxygens (including phenoxy) is 1. The van der Waals surface area contributed by atoms with Gasteiger partial charge in [-0.3, -0.25) is 9.69 Å². The quantitative estimate of drug-likeness (QED) is 0.916. The second-order valence-corrected chi connectivity index (χ2v) is 5.02. The number of methoxy groups -OCH3 is 1. The summed E-state index contributed by atoms with van der Waals surface area (Å²) in [6.07, 6.45) is 2.88. The first-order valence-corrected chi connectivity index (χ1v) is 6.94. The molecule has 1 unspecified atom stereocenters. The van der Waals surface area contributed by atoms with E-state index >= 15 is 0 Å². The van der Waals surface area contributed by atoms with Gasteiger partial charge in [-0.15, -0.1) is 0 Å². The number of rotatable bonds is 4. The van der Waals surface area contributed by atoms with Crippen molar-refractivity contribution in [3.8, 4) is 5.75 Å². The van der Waals surface area contributed by atoms with Gasteiger partial charge in [0.1, 0.15) is 11.6 Å². The fourth-order valence-electron chi connectivity index (χ4n) is 2.73. The van der Waals surface area contributed by atoms with Crippen LogP contribution in [0.3, 0.4) is 0 Å². The predicted molar refractivity (Wildman–Crippen MR) is 75.1 cm³/mol. The van der Waals surface area contributed by atoms with E-state index in [0.29, 0.717) is 17.9 Å². The Morgan fingerprint density at radius 2 is 2.30 bits per heavy atom. The zero-order valence-corrected chi connectivity index (χ0v) is 12.0. The number of amides is 1. The van der Waals surface area contributed by atoms with Crippen molar-refractivity contribution in [2.45, 2.75) is 31.8 Å². The number of nitrogens with zero attached hydrogens (tertiary/aromatic N) is 1. The topological polar surface area (TPSA) is 41.6 Å². The maximum atomic E-state index is 14.0. The first-order chi connectivity index (χ1) is 9.67. The Morgan fingerprint density at radius 3 is 3.00 bits per heavy atom. The van der Waals surface area contributed by atoms with Gasteiger partial charge >= 0.3 is 0 Å². The van der Waals surface area contributed by atoms with Crippen LogP contribution in [0.5, 0.6) is 5.75 Å². The van der Waals surface area contributed by atoms with Crippen LogP contribution in [0.4, 0.5) is 4.39 Å². The van der Waals surface area contributed by atoms with Gasteiger partial charge < -0.3 is 10.1 Å². The summed E-state index contributed by atoms with van der Waals surface area (Å²) in [6, 6.07) is 4.62. The second kappa shape index (κ2) is 6.70. The van der Waals surface area contributed by atoms with Crippen LogP contribution in [0.2, 0.25) is 0 Å². The minimum absolute atomic E-state index is 0.00000567. The standard InChI is InChI=1S/C15H21FN2O2/c1-17-15(19)13-7-3-4-9-18(13)10-11-12(16)6-5-8-14(11)20-2/h5-6,8,13H,3-4,7,9-10H2,1-2H3,(H,17,19). The molecule has 1 aromatic carbocycles. The van der Waals surface area contributed by atoms with E-state index in [1.54, 1.807) is 19.2 Å². The molecule has 1 atom stereocenters. The fourth-order valence-corrected chi connectivity index (χ4v) is 2.73. The number of likely N-dealkylation sites (N-methyl/N-ethyl adjacent to an activating group) is 1. The van der Waals surface area contributed by atoms with E-state index in [1.807, 2.05) is 4.90 Å². The molecule has 110 valence electrons. The summed E-state index contributed by atoms with van der Waals surface area (Å²) in [5, 5.41) is 2.69. The lowest BCUT2D eigenvalue weighted by Gasteiger charge is -2.34. The molecule has 0 spiro atoms. The molecule has 1 aliphatic rings. The number of carbonyl (C=O) groups is 1. The maximum Gasteiger partial charge on any atom is 0.237 e. The minimum atomic E-state index is -0.286. The van der Waals surface area contributed by atoms with Gasteiger partial charge in [0.25, 0.3) is 0 Å². The lowest BCUT2D eigenvalue weighted by Crippen LogP contribution is -2.48. The number of halogens is 1. The van der Waals surface area contributed by atoms with Gasteiger partial charge in [0.15, 0.2) is 0 Å². The molecule has 20 heavy (non-hydrogen) atoms. The largest absolute Gasteiger partial charge is 0.496 e. The van der Waals surface area contributed by atoms with E-state index in [-0.39, 0.29) is 17.8 Å². The minimum Gasteiger partial charge on any atom is -0.496 e. The van der Waals surface area contributed by atoms with Crippen LogP contribution in [0.1, 0.15) is 24.8 Å². The van der Waals surface area contributed by atoms with Crippen LogP contribution in [0, 0.1) is 5.82 Å². The molecule has 1 fully saturated rings. The van der Waals surface area contributed by atoms with Gasteiger partial charge in [0.2, 0.25) is 5.91 Å². The van der Waals surface area contributed by atoms with E-state index in [1.165, 1.54) is 13.2 Å². The molecule has 1 amide bonds. The van der Waals surface area contributed by atoms with Crippen molar-refractivity contribution < 1.29 is 13.9 Å². The normalized spacial score (nSPS) is 19.6. The number of hydrogen-bond donors (Lipinski definition) is 1. The Kier molecular flexibility index (Phi) is 4.95. The Hall–Kier alpha value is -1.62. The van der Waals surface area contributed by atoms with Gasteiger partial charge in [-0.1, -0.05) is 12.5 Å². The van der Waals surface area contributed by atoms with E-state index in [9.17, 15) is 9.18 Å². The summed E-state index contributed by atoms with van der Waals surface area (Å²) in [4.78, 5) is 14.0. The average Bonchev–Trinajstić information content (AvgIpc) is 2.49. The van der Waals surface area contributed by atoms with Gasteiger partial charge in [-0.05, 0) is 31.5 Å². The monoisotopic (exact) mass is 280 g/mol. The molecule has 1 heterocycles. The summed E-state index contributed by atoms with van der Waals surface area (Å²) in [5.74, 6) is 0.247. The predicted octanol–water partition coefficient (Wildman–Crippen LogP) is 1.93. The number of hydrogen-bond acceptors (Lipinski definition) is 3. The molecule has 0 saturated carbocycles. The third-order valence-electron chi connectivity index (χ3n) is 3.82. The fraction of sp³-hybridized carbons (Fsp3) is 0.533. The van der Waals surface area contributed by atoms with Crippen molar-refractivity contribution in [1.82, 2.24) is 10.2 Å². The third kappa shape index (κ3) is 3.10. The molecule has 0 aromatic heterocycles. The number of nitrogens with one attached hydrogen (secondary N) is 1. The number of benzene rings is 1. The number of likely N-dealkylation sites (tertiary alicyclic amines) is 1. The van der Waals surface area contributed by atoms with Crippen LogP contribution in [-0.4, -0.2) is 37.6 Å². The zero-order valence-electron chi connectivity index (χ0n) is 12.0. The summed E-state index contributed by atoms with van der Waals surface area (Å²) >= 11 is 0. The lowest BCUT2D eigenvalue weighted by molar-refractivity contribution is -0.127. The summed E-state index contributed by atoms with van der Waals surface area (Å²) in [6.45, 7) is 1.20. The first kappa shape index (κ1) is 14.8. The summed E-state index contributed by atoms with van der Waals surface area (Å²) < 4.78 is 19.2. The molecule has 0 aliphatic carbocycles. The molecule has 1 N–H and O–H groups in total. The first-order valence-electron chi connectivity index (χ1n) is 6.94. The molecule has 2 rings (SSSR count).